The molecule has 6 heteroatoms. The van der Waals surface area contributed by atoms with E-state index < -0.39 is 0 Å². The zero-order chi connectivity index (χ0) is 18.2. The number of piperidine rings is 1. The summed E-state index contributed by atoms with van der Waals surface area (Å²) in [5.41, 5.74) is 3.36. The van der Waals surface area contributed by atoms with Crippen molar-refractivity contribution in [1.29, 1.82) is 0 Å². The molecule has 5 nitrogen and oxygen atoms in total. The highest BCUT2D eigenvalue weighted by Crippen LogP contribution is 2.47. The SMILES string of the molecule is O=CNc1ccc2sc(-c3cncnc3)c(C3CCN4CCCC4C3)c2c1. The van der Waals surface area contributed by atoms with Gasteiger partial charge in [0.25, 0.3) is 0 Å². The molecule has 3 aromatic rings. The first-order chi connectivity index (χ1) is 13.3. The van der Waals surface area contributed by atoms with Crippen molar-refractivity contribution in [3.05, 3.63) is 42.5 Å². The van der Waals surface area contributed by atoms with E-state index in [1.54, 1.807) is 6.33 Å². The molecule has 0 saturated carbocycles. The monoisotopic (exact) mass is 378 g/mol. The first kappa shape index (κ1) is 16.8. The zero-order valence-electron chi connectivity index (χ0n) is 15.1. The minimum absolute atomic E-state index is 0.541. The normalized spacial score (nSPS) is 22.7. The van der Waals surface area contributed by atoms with Crippen molar-refractivity contribution in [2.45, 2.75) is 37.6 Å². The van der Waals surface area contributed by atoms with E-state index in [-0.39, 0.29) is 0 Å². The van der Waals surface area contributed by atoms with Crippen LogP contribution in [0, 0.1) is 0 Å². The second-order valence-electron chi connectivity index (χ2n) is 7.50. The highest BCUT2D eigenvalue weighted by atomic mass is 32.1. The Morgan fingerprint density at radius 3 is 2.93 bits per heavy atom. The summed E-state index contributed by atoms with van der Waals surface area (Å²) in [5.74, 6) is 0.541. The van der Waals surface area contributed by atoms with Gasteiger partial charge in [-0.1, -0.05) is 0 Å². The first-order valence-electron chi connectivity index (χ1n) is 9.59. The summed E-state index contributed by atoms with van der Waals surface area (Å²) in [6.07, 6.45) is 11.2. The topological polar surface area (TPSA) is 58.1 Å². The molecule has 0 spiro atoms. The lowest BCUT2D eigenvalue weighted by atomic mass is 9.83. The van der Waals surface area contributed by atoms with Crippen molar-refractivity contribution in [2.75, 3.05) is 18.4 Å². The second-order valence-corrected chi connectivity index (χ2v) is 8.55. The van der Waals surface area contributed by atoms with Crippen LogP contribution < -0.4 is 5.32 Å². The fourth-order valence-electron chi connectivity index (χ4n) is 4.80. The summed E-state index contributed by atoms with van der Waals surface area (Å²) in [5, 5.41) is 4.07. The average molecular weight is 379 g/mol. The maximum Gasteiger partial charge on any atom is 0.211 e. The third kappa shape index (κ3) is 3.03. The number of thiophene rings is 1. The maximum atomic E-state index is 10.9. The Hall–Kier alpha value is -2.31. The van der Waals surface area contributed by atoms with Crippen molar-refractivity contribution in [2.24, 2.45) is 0 Å². The highest BCUT2D eigenvalue weighted by molar-refractivity contribution is 7.22. The Bertz CT molecular complexity index is 971. The highest BCUT2D eigenvalue weighted by Gasteiger charge is 2.34. The number of hydrogen-bond acceptors (Lipinski definition) is 5. The first-order valence-corrected chi connectivity index (χ1v) is 10.4. The number of nitrogens with one attached hydrogen (secondary N) is 1. The third-order valence-electron chi connectivity index (χ3n) is 6.00. The number of anilines is 1. The van der Waals surface area contributed by atoms with Crippen LogP contribution in [0.4, 0.5) is 5.69 Å². The van der Waals surface area contributed by atoms with E-state index in [4.69, 9.17) is 0 Å². The van der Waals surface area contributed by atoms with E-state index in [0.29, 0.717) is 5.92 Å². The van der Waals surface area contributed by atoms with Gasteiger partial charge < -0.3 is 10.2 Å². The quantitative estimate of drug-likeness (QED) is 0.689. The molecule has 2 fully saturated rings. The van der Waals surface area contributed by atoms with E-state index in [2.05, 4.69) is 32.3 Å². The Balaban J connectivity index is 1.64. The molecule has 1 N–H and O–H groups in total. The van der Waals surface area contributed by atoms with Crippen LogP contribution in [0.25, 0.3) is 20.5 Å². The van der Waals surface area contributed by atoms with Crippen LogP contribution in [0.2, 0.25) is 0 Å². The molecule has 2 unspecified atom stereocenters. The lowest BCUT2D eigenvalue weighted by Crippen LogP contribution is -2.37. The lowest BCUT2D eigenvalue weighted by Gasteiger charge is -2.35. The van der Waals surface area contributed by atoms with Gasteiger partial charge in [0.05, 0.1) is 0 Å². The van der Waals surface area contributed by atoms with Gasteiger partial charge in [0.15, 0.2) is 0 Å². The van der Waals surface area contributed by atoms with Gasteiger partial charge in [0.1, 0.15) is 6.33 Å². The molecule has 0 bridgehead atoms. The van der Waals surface area contributed by atoms with E-state index in [0.717, 1.165) is 23.7 Å². The van der Waals surface area contributed by atoms with Crippen LogP contribution in [0.15, 0.2) is 36.9 Å². The molecule has 138 valence electrons. The summed E-state index contributed by atoms with van der Waals surface area (Å²) >= 11 is 1.81. The Morgan fingerprint density at radius 2 is 2.07 bits per heavy atom. The van der Waals surface area contributed by atoms with Crippen LogP contribution in [-0.4, -0.2) is 40.4 Å². The van der Waals surface area contributed by atoms with Gasteiger partial charge in [-0.3, -0.25) is 4.79 Å². The third-order valence-corrected chi connectivity index (χ3v) is 7.24. The molecule has 5 rings (SSSR count). The number of aromatic nitrogens is 2. The fraction of sp³-hybridized carbons (Fsp3) is 0.381. The van der Waals surface area contributed by atoms with E-state index >= 15 is 0 Å². The van der Waals surface area contributed by atoms with E-state index in [9.17, 15) is 4.79 Å². The van der Waals surface area contributed by atoms with Gasteiger partial charge in [-0.2, -0.15) is 0 Å². The van der Waals surface area contributed by atoms with Crippen molar-refractivity contribution in [3.8, 4) is 10.4 Å². The van der Waals surface area contributed by atoms with Gasteiger partial charge in [-0.05, 0) is 73.8 Å². The van der Waals surface area contributed by atoms with Gasteiger partial charge in [-0.15, -0.1) is 11.3 Å². The van der Waals surface area contributed by atoms with Crippen LogP contribution in [0.3, 0.4) is 0 Å². The molecule has 2 aromatic heterocycles. The van der Waals surface area contributed by atoms with Crippen molar-refractivity contribution in [3.63, 3.8) is 0 Å². The largest absolute Gasteiger partial charge is 0.329 e. The molecule has 2 atom stereocenters. The smallest absolute Gasteiger partial charge is 0.211 e. The van der Waals surface area contributed by atoms with Gasteiger partial charge in [0.2, 0.25) is 6.41 Å². The summed E-state index contributed by atoms with van der Waals surface area (Å²) in [6.45, 7) is 2.44. The predicted octanol–water partition coefficient (Wildman–Crippen LogP) is 4.27. The predicted molar refractivity (Wildman–Crippen MR) is 109 cm³/mol. The fourth-order valence-corrected chi connectivity index (χ4v) is 6.04. The molecule has 4 heterocycles. The van der Waals surface area contributed by atoms with Gasteiger partial charge in [-0.25, -0.2) is 9.97 Å². The van der Waals surface area contributed by atoms with Crippen LogP contribution in [-0.2, 0) is 4.79 Å². The lowest BCUT2D eigenvalue weighted by molar-refractivity contribution is -0.105. The molecular formula is C21H22N4OS. The van der Waals surface area contributed by atoms with Crippen LogP contribution >= 0.6 is 11.3 Å². The number of hydrogen-bond donors (Lipinski definition) is 1. The van der Waals surface area contributed by atoms with Gasteiger partial charge >= 0.3 is 0 Å². The van der Waals surface area contributed by atoms with Crippen molar-refractivity contribution in [1.82, 2.24) is 14.9 Å². The molecule has 0 radical (unpaired) electrons. The molecule has 27 heavy (non-hydrogen) atoms. The summed E-state index contributed by atoms with van der Waals surface area (Å²) < 4.78 is 1.26. The van der Waals surface area contributed by atoms with E-state index in [1.807, 2.05) is 29.8 Å². The number of rotatable bonds is 4. The second kappa shape index (κ2) is 7.02. The number of fused-ring (bicyclic) bond motifs is 2. The number of benzene rings is 1. The maximum absolute atomic E-state index is 10.9. The summed E-state index contributed by atoms with van der Waals surface area (Å²) in [4.78, 5) is 23.4. The Labute approximate surface area is 162 Å². The number of nitrogens with zero attached hydrogens (tertiary/aromatic N) is 3. The van der Waals surface area contributed by atoms with E-state index in [1.165, 1.54) is 59.3 Å². The summed E-state index contributed by atoms with van der Waals surface area (Å²) in [6, 6.07) is 6.94. The molecular weight excluding hydrogens is 356 g/mol. The van der Waals surface area contributed by atoms with Crippen LogP contribution in [0.1, 0.15) is 37.2 Å². The molecule has 2 aliphatic rings. The number of amides is 1. The van der Waals surface area contributed by atoms with Crippen LogP contribution in [0.5, 0.6) is 0 Å². The Kier molecular flexibility index (Phi) is 4.38. The molecule has 1 aromatic carbocycles. The minimum atomic E-state index is 0.541. The van der Waals surface area contributed by atoms with Gasteiger partial charge in [0, 0.05) is 39.3 Å². The minimum Gasteiger partial charge on any atom is -0.329 e. The zero-order valence-corrected chi connectivity index (χ0v) is 15.9. The number of carbonyl (C=O) groups excluding carboxylic acids is 1. The standard InChI is InChI=1S/C21H22N4OS/c26-13-24-16-3-4-19-18(9-16)20(21(27-19)15-10-22-12-23-11-15)14-5-7-25-6-1-2-17(25)8-14/h3-4,9-14,17H,1-2,5-8H2,(H,24,26). The van der Waals surface area contributed by atoms with Crippen molar-refractivity contribution < 1.29 is 4.79 Å². The molecule has 1 amide bonds. The molecule has 0 aliphatic carbocycles. The molecule has 2 aliphatic heterocycles. The summed E-state index contributed by atoms with van der Waals surface area (Å²) in [7, 11) is 0. The Morgan fingerprint density at radius 1 is 1.19 bits per heavy atom. The number of carbonyl (C=O) groups is 1. The average Bonchev–Trinajstić information content (AvgIpc) is 3.32. The van der Waals surface area contributed by atoms with Crippen molar-refractivity contribution >= 4 is 33.5 Å². The molecule has 2 saturated heterocycles.